The molecule has 146 valence electrons. The summed E-state index contributed by atoms with van der Waals surface area (Å²) in [6.45, 7) is 2.40. The second-order valence-electron chi connectivity index (χ2n) is 6.53. The summed E-state index contributed by atoms with van der Waals surface area (Å²) in [5.41, 5.74) is 0. The third kappa shape index (κ3) is 22.5. The van der Waals surface area contributed by atoms with Crippen molar-refractivity contribution < 1.29 is 18.9 Å². The van der Waals surface area contributed by atoms with E-state index in [1.165, 1.54) is 89.9 Å². The predicted octanol–water partition coefficient (Wildman–Crippen LogP) is 6.31. The van der Waals surface area contributed by atoms with Crippen LogP contribution in [-0.2, 0) is 9.09 Å². The van der Waals surface area contributed by atoms with Gasteiger partial charge in [-0.2, -0.15) is 11.8 Å². The van der Waals surface area contributed by atoms with E-state index in [0.717, 1.165) is 5.75 Å². The van der Waals surface area contributed by atoms with Crippen molar-refractivity contribution in [3.05, 3.63) is 0 Å². The van der Waals surface area contributed by atoms with Crippen LogP contribution in [0.2, 0.25) is 0 Å². The van der Waals surface area contributed by atoms with E-state index >= 15 is 0 Å². The summed E-state index contributed by atoms with van der Waals surface area (Å²) in [7, 11) is -4.27. The minimum absolute atomic E-state index is 0.132. The molecule has 2 N–H and O–H groups in total. The van der Waals surface area contributed by atoms with Crippen LogP contribution in [0.3, 0.4) is 0 Å². The normalized spacial score (nSPS) is 12.0. The molecule has 0 bridgehead atoms. The van der Waals surface area contributed by atoms with E-state index in [4.69, 9.17) is 9.79 Å². The Morgan fingerprint density at radius 1 is 0.708 bits per heavy atom. The van der Waals surface area contributed by atoms with Crippen LogP contribution in [0.5, 0.6) is 0 Å². The van der Waals surface area contributed by atoms with Crippen LogP contribution >= 0.6 is 19.6 Å². The summed E-state index contributed by atoms with van der Waals surface area (Å²) in [6, 6.07) is 0. The van der Waals surface area contributed by atoms with Crippen molar-refractivity contribution in [3.63, 3.8) is 0 Å². The van der Waals surface area contributed by atoms with Gasteiger partial charge in [0.2, 0.25) is 0 Å². The Kier molecular flexibility index (Phi) is 18.6. The van der Waals surface area contributed by atoms with Crippen LogP contribution in [0.25, 0.3) is 0 Å². The highest BCUT2D eigenvalue weighted by Gasteiger charge is 2.12. The number of hydrogen-bond donors (Lipinski definition) is 2. The van der Waals surface area contributed by atoms with E-state index in [2.05, 4.69) is 11.4 Å². The van der Waals surface area contributed by atoms with Crippen molar-refractivity contribution in [2.45, 2.75) is 96.8 Å². The minimum atomic E-state index is -4.27. The first-order valence-corrected chi connectivity index (χ1v) is 12.5. The highest BCUT2D eigenvalue weighted by atomic mass is 32.2. The van der Waals surface area contributed by atoms with E-state index in [9.17, 15) is 4.57 Å². The number of rotatable bonds is 19. The first-order valence-electron chi connectivity index (χ1n) is 9.84. The predicted molar refractivity (Wildman–Crippen MR) is 106 cm³/mol. The molecule has 0 rings (SSSR count). The van der Waals surface area contributed by atoms with Crippen molar-refractivity contribution in [1.82, 2.24) is 0 Å². The van der Waals surface area contributed by atoms with Crippen LogP contribution in [0.4, 0.5) is 0 Å². The van der Waals surface area contributed by atoms with E-state index in [-0.39, 0.29) is 6.61 Å². The van der Waals surface area contributed by atoms with Gasteiger partial charge in [0, 0.05) is 5.75 Å². The molecule has 0 aromatic rings. The van der Waals surface area contributed by atoms with Crippen LogP contribution < -0.4 is 0 Å². The van der Waals surface area contributed by atoms with E-state index in [1.807, 2.05) is 0 Å². The van der Waals surface area contributed by atoms with Gasteiger partial charge in [0.25, 0.3) is 0 Å². The second-order valence-corrected chi connectivity index (χ2v) is 9.00. The molecule has 0 saturated heterocycles. The molecule has 0 atom stereocenters. The van der Waals surface area contributed by atoms with Crippen molar-refractivity contribution in [2.75, 3.05) is 18.1 Å². The van der Waals surface area contributed by atoms with Crippen molar-refractivity contribution >= 4 is 19.6 Å². The molecule has 0 unspecified atom stereocenters. The Morgan fingerprint density at radius 2 is 1.12 bits per heavy atom. The monoisotopic (exact) mass is 382 g/mol. The molecule has 4 nitrogen and oxygen atoms in total. The maximum atomic E-state index is 10.5. The van der Waals surface area contributed by atoms with Crippen molar-refractivity contribution in [2.24, 2.45) is 0 Å². The number of phosphoric acid groups is 1. The smallest absolute Gasteiger partial charge is 0.303 e. The number of hydrogen-bond acceptors (Lipinski definition) is 3. The summed E-state index contributed by atoms with van der Waals surface area (Å²) < 4.78 is 14.9. The quantitative estimate of drug-likeness (QED) is 0.202. The Morgan fingerprint density at radius 3 is 1.54 bits per heavy atom. The van der Waals surface area contributed by atoms with Gasteiger partial charge in [-0.25, -0.2) is 4.57 Å². The molecular formula is C18H39O4PS. The van der Waals surface area contributed by atoms with Crippen molar-refractivity contribution in [3.8, 4) is 0 Å². The van der Waals surface area contributed by atoms with Gasteiger partial charge in [0.15, 0.2) is 0 Å². The van der Waals surface area contributed by atoms with Crippen LogP contribution in [-0.4, -0.2) is 27.9 Å². The van der Waals surface area contributed by atoms with E-state index in [0.29, 0.717) is 5.75 Å². The minimum Gasteiger partial charge on any atom is -0.303 e. The molecule has 0 amide bonds. The molecule has 0 aliphatic carbocycles. The lowest BCUT2D eigenvalue weighted by molar-refractivity contribution is 0.208. The Balaban J connectivity index is 3.02. The van der Waals surface area contributed by atoms with Crippen LogP contribution in [0, 0.1) is 0 Å². The Labute approximate surface area is 153 Å². The van der Waals surface area contributed by atoms with Gasteiger partial charge in [0.05, 0.1) is 6.61 Å². The highest BCUT2D eigenvalue weighted by Crippen LogP contribution is 2.35. The molecule has 0 aliphatic rings. The Hall–Kier alpha value is 0.460. The van der Waals surface area contributed by atoms with Gasteiger partial charge < -0.3 is 9.79 Å². The molecule has 0 saturated carbocycles. The van der Waals surface area contributed by atoms with Gasteiger partial charge in [0.1, 0.15) is 0 Å². The topological polar surface area (TPSA) is 66.8 Å². The largest absolute Gasteiger partial charge is 0.469 e. The number of phosphoric ester groups is 1. The van der Waals surface area contributed by atoms with Gasteiger partial charge in [-0.3, -0.25) is 4.52 Å². The molecule has 0 fully saturated rings. The molecule has 0 spiro atoms. The third-order valence-electron chi connectivity index (χ3n) is 4.13. The molecule has 6 heteroatoms. The molecule has 0 aromatic heterocycles. The lowest BCUT2D eigenvalue weighted by Gasteiger charge is -2.05. The summed E-state index contributed by atoms with van der Waals surface area (Å²) in [5.74, 6) is 1.71. The van der Waals surface area contributed by atoms with Gasteiger partial charge in [-0.1, -0.05) is 90.4 Å². The summed E-state index contributed by atoms with van der Waals surface area (Å²) in [4.78, 5) is 17.1. The van der Waals surface area contributed by atoms with E-state index < -0.39 is 7.82 Å². The number of thioether (sulfide) groups is 1. The fourth-order valence-electron chi connectivity index (χ4n) is 2.72. The highest BCUT2D eigenvalue weighted by molar-refractivity contribution is 7.99. The fourth-order valence-corrected chi connectivity index (χ4v) is 3.98. The first kappa shape index (κ1) is 24.5. The molecule has 0 aromatic carbocycles. The zero-order chi connectivity index (χ0) is 17.9. The first-order chi connectivity index (χ1) is 11.6. The lowest BCUT2D eigenvalue weighted by Crippen LogP contribution is -1.95. The SMILES string of the molecule is CCCCCCCCCCCCCCCCSCCOP(=O)(O)O. The maximum absolute atomic E-state index is 10.5. The summed E-state index contributed by atoms with van der Waals surface area (Å²) in [6.07, 6.45) is 19.2. The zero-order valence-corrected chi connectivity index (χ0v) is 17.3. The molecule has 24 heavy (non-hydrogen) atoms. The van der Waals surface area contributed by atoms with Gasteiger partial charge in [-0.15, -0.1) is 0 Å². The Bertz CT molecular complexity index is 297. The third-order valence-corrected chi connectivity index (χ3v) is 5.68. The van der Waals surface area contributed by atoms with Crippen molar-refractivity contribution in [1.29, 1.82) is 0 Å². The average Bonchev–Trinajstić information content (AvgIpc) is 2.52. The standard InChI is InChI=1S/C18H39O4PS/c1-2-3-4-5-6-7-8-9-10-11-12-13-14-15-17-24-18-16-22-23(19,20)21/h2-18H2,1H3,(H2,19,20,21). The van der Waals surface area contributed by atoms with E-state index in [1.54, 1.807) is 11.8 Å². The second kappa shape index (κ2) is 18.3. The lowest BCUT2D eigenvalue weighted by atomic mass is 10.0. The average molecular weight is 383 g/mol. The van der Waals surface area contributed by atoms with Crippen LogP contribution in [0.1, 0.15) is 96.8 Å². The summed E-state index contributed by atoms with van der Waals surface area (Å²) >= 11 is 1.71. The van der Waals surface area contributed by atoms with Gasteiger partial charge >= 0.3 is 7.82 Å². The molecule has 0 aliphatic heterocycles. The summed E-state index contributed by atoms with van der Waals surface area (Å²) in [5, 5.41) is 0. The number of unbranched alkanes of at least 4 members (excludes halogenated alkanes) is 13. The van der Waals surface area contributed by atoms with Gasteiger partial charge in [-0.05, 0) is 12.2 Å². The maximum Gasteiger partial charge on any atom is 0.469 e. The molecule has 0 heterocycles. The molecule has 0 radical (unpaired) electrons. The molecular weight excluding hydrogens is 343 g/mol. The van der Waals surface area contributed by atoms with Crippen LogP contribution in [0.15, 0.2) is 0 Å². The zero-order valence-electron chi connectivity index (χ0n) is 15.6. The fraction of sp³-hybridized carbons (Fsp3) is 1.00.